The lowest BCUT2D eigenvalue weighted by molar-refractivity contribution is -0.134. The molecule has 6 nitrogen and oxygen atoms in total. The summed E-state index contributed by atoms with van der Waals surface area (Å²) in [6.45, 7) is 4.11. The zero-order valence-electron chi connectivity index (χ0n) is 18.1. The molecule has 1 unspecified atom stereocenters. The number of benzene rings is 2. The minimum Gasteiger partial charge on any atom is -0.341 e. The van der Waals surface area contributed by atoms with E-state index in [2.05, 4.69) is 41.4 Å². The number of carbonyl (C=O) groups excluding carboxylic acids is 2. The number of aryl methyl sites for hydroxylation is 1. The van der Waals surface area contributed by atoms with Crippen molar-refractivity contribution < 1.29 is 9.59 Å². The highest BCUT2D eigenvalue weighted by Crippen LogP contribution is 2.22. The van der Waals surface area contributed by atoms with Crippen molar-refractivity contribution in [2.45, 2.75) is 13.3 Å². The van der Waals surface area contributed by atoms with Crippen LogP contribution in [0.25, 0.3) is 11.1 Å². The van der Waals surface area contributed by atoms with Gasteiger partial charge in [0.25, 0.3) is 5.91 Å². The van der Waals surface area contributed by atoms with Gasteiger partial charge in [-0.1, -0.05) is 54.6 Å². The highest BCUT2D eigenvalue weighted by Gasteiger charge is 2.33. The molecule has 0 radical (unpaired) electrons. The summed E-state index contributed by atoms with van der Waals surface area (Å²) < 4.78 is 1.73. The highest BCUT2D eigenvalue weighted by molar-refractivity contribution is 5.91. The zero-order chi connectivity index (χ0) is 21.8. The second kappa shape index (κ2) is 9.16. The van der Waals surface area contributed by atoms with Crippen molar-refractivity contribution in [1.29, 1.82) is 0 Å². The van der Waals surface area contributed by atoms with Crippen LogP contribution in [0.5, 0.6) is 0 Å². The van der Waals surface area contributed by atoms with Gasteiger partial charge in [-0.2, -0.15) is 0 Å². The fraction of sp³-hybridized carbons (Fsp3) is 0.320. The van der Waals surface area contributed by atoms with E-state index in [1.54, 1.807) is 21.9 Å². The molecule has 0 spiro atoms. The first kappa shape index (κ1) is 20.8. The predicted molar refractivity (Wildman–Crippen MR) is 120 cm³/mol. The number of amides is 2. The van der Waals surface area contributed by atoms with Crippen molar-refractivity contribution >= 4 is 11.8 Å². The third-order valence-corrected chi connectivity index (χ3v) is 5.97. The summed E-state index contributed by atoms with van der Waals surface area (Å²) >= 11 is 0. The van der Waals surface area contributed by atoms with Gasteiger partial charge in [-0.3, -0.25) is 9.59 Å². The van der Waals surface area contributed by atoms with Gasteiger partial charge in [0.1, 0.15) is 0 Å². The number of likely N-dealkylation sites (N-methyl/N-ethyl adjacent to an activating group) is 1. The molecule has 1 atom stereocenters. The third kappa shape index (κ3) is 4.53. The van der Waals surface area contributed by atoms with Crippen molar-refractivity contribution in [1.82, 2.24) is 19.4 Å². The lowest BCUT2D eigenvalue weighted by Gasteiger charge is -2.23. The number of hydrogen-bond donors (Lipinski definition) is 0. The standard InChI is InChI=1S/C25H28N4O2/c1-3-28-15-16-29(25(31)23-26-13-14-27(23)2)18-22(24(28)30)17-19-9-11-21(12-10-19)20-7-5-4-6-8-20/h4-14,22H,3,15-18H2,1-2H3. The number of nitrogens with zero attached hydrogens (tertiary/aromatic N) is 4. The van der Waals surface area contributed by atoms with Gasteiger partial charge >= 0.3 is 0 Å². The van der Waals surface area contributed by atoms with Crippen LogP contribution in [0.3, 0.4) is 0 Å². The van der Waals surface area contributed by atoms with E-state index >= 15 is 0 Å². The molecule has 2 heterocycles. The first-order chi connectivity index (χ1) is 15.1. The van der Waals surface area contributed by atoms with Crippen molar-refractivity contribution in [3.8, 4) is 11.1 Å². The van der Waals surface area contributed by atoms with Gasteiger partial charge in [-0.05, 0) is 30.0 Å². The number of imidazole rings is 1. The molecule has 4 rings (SSSR count). The Morgan fingerprint density at radius 2 is 1.74 bits per heavy atom. The summed E-state index contributed by atoms with van der Waals surface area (Å²) in [6, 6.07) is 18.6. The Balaban J connectivity index is 1.53. The molecule has 1 saturated heterocycles. The molecular weight excluding hydrogens is 388 g/mol. The van der Waals surface area contributed by atoms with E-state index in [1.165, 1.54) is 5.56 Å². The van der Waals surface area contributed by atoms with Crippen molar-refractivity contribution in [2.24, 2.45) is 13.0 Å². The van der Waals surface area contributed by atoms with Crippen LogP contribution < -0.4 is 0 Å². The highest BCUT2D eigenvalue weighted by atomic mass is 16.2. The molecular formula is C25H28N4O2. The normalized spacial score (nSPS) is 17.0. The van der Waals surface area contributed by atoms with E-state index in [0.29, 0.717) is 38.4 Å². The Morgan fingerprint density at radius 1 is 1.03 bits per heavy atom. The molecule has 2 amide bonds. The van der Waals surface area contributed by atoms with Gasteiger partial charge in [0, 0.05) is 45.6 Å². The molecule has 1 aliphatic heterocycles. The minimum atomic E-state index is -0.269. The van der Waals surface area contributed by atoms with Crippen LogP contribution in [0.4, 0.5) is 0 Å². The fourth-order valence-electron chi connectivity index (χ4n) is 4.16. The van der Waals surface area contributed by atoms with E-state index in [9.17, 15) is 9.59 Å². The molecule has 31 heavy (non-hydrogen) atoms. The second-order valence-corrected chi connectivity index (χ2v) is 7.99. The Labute approximate surface area is 183 Å². The average Bonchev–Trinajstić information content (AvgIpc) is 3.17. The monoisotopic (exact) mass is 416 g/mol. The average molecular weight is 417 g/mol. The number of carbonyl (C=O) groups is 2. The fourth-order valence-corrected chi connectivity index (χ4v) is 4.16. The van der Waals surface area contributed by atoms with E-state index in [0.717, 1.165) is 11.1 Å². The van der Waals surface area contributed by atoms with Gasteiger partial charge in [0.15, 0.2) is 5.82 Å². The Kier molecular flexibility index (Phi) is 6.16. The molecule has 0 aliphatic carbocycles. The zero-order valence-corrected chi connectivity index (χ0v) is 18.1. The van der Waals surface area contributed by atoms with Gasteiger partial charge in [-0.15, -0.1) is 0 Å². The van der Waals surface area contributed by atoms with Crippen LogP contribution in [0.15, 0.2) is 67.0 Å². The van der Waals surface area contributed by atoms with Gasteiger partial charge in [0.05, 0.1) is 5.92 Å². The molecule has 160 valence electrons. The van der Waals surface area contributed by atoms with Crippen molar-refractivity contribution in [2.75, 3.05) is 26.2 Å². The van der Waals surface area contributed by atoms with Crippen LogP contribution in [-0.4, -0.2) is 57.3 Å². The molecule has 0 N–H and O–H groups in total. The van der Waals surface area contributed by atoms with Crippen LogP contribution in [0, 0.1) is 5.92 Å². The quantitative estimate of drug-likeness (QED) is 0.642. The topological polar surface area (TPSA) is 58.4 Å². The third-order valence-electron chi connectivity index (χ3n) is 5.97. The molecule has 0 bridgehead atoms. The first-order valence-electron chi connectivity index (χ1n) is 10.8. The summed E-state index contributed by atoms with van der Waals surface area (Å²) in [7, 11) is 1.81. The lowest BCUT2D eigenvalue weighted by Crippen LogP contribution is -2.38. The number of rotatable bonds is 5. The molecule has 1 aliphatic rings. The maximum atomic E-state index is 13.2. The number of hydrogen-bond acceptors (Lipinski definition) is 3. The maximum Gasteiger partial charge on any atom is 0.289 e. The Bertz CT molecular complexity index is 1040. The van der Waals surface area contributed by atoms with Crippen molar-refractivity contribution in [3.05, 3.63) is 78.4 Å². The van der Waals surface area contributed by atoms with Gasteiger partial charge in [0.2, 0.25) is 5.91 Å². The molecule has 3 aromatic rings. The molecule has 1 aromatic heterocycles. The molecule has 1 fully saturated rings. The van der Waals surface area contributed by atoms with E-state index in [1.807, 2.05) is 37.1 Å². The van der Waals surface area contributed by atoms with Gasteiger partial charge < -0.3 is 14.4 Å². The summed E-state index contributed by atoms with van der Waals surface area (Å²) in [6.07, 6.45) is 4.00. The summed E-state index contributed by atoms with van der Waals surface area (Å²) in [5.41, 5.74) is 3.42. The van der Waals surface area contributed by atoms with E-state index in [-0.39, 0.29) is 17.7 Å². The molecule has 0 saturated carbocycles. The minimum absolute atomic E-state index is 0.116. The predicted octanol–water partition coefficient (Wildman–Crippen LogP) is 3.25. The lowest BCUT2D eigenvalue weighted by atomic mass is 9.95. The van der Waals surface area contributed by atoms with Crippen LogP contribution in [-0.2, 0) is 18.3 Å². The Morgan fingerprint density at radius 3 is 2.39 bits per heavy atom. The maximum absolute atomic E-state index is 13.2. The largest absolute Gasteiger partial charge is 0.341 e. The molecule has 2 aromatic carbocycles. The van der Waals surface area contributed by atoms with Crippen LogP contribution in [0.1, 0.15) is 23.1 Å². The van der Waals surface area contributed by atoms with Crippen LogP contribution >= 0.6 is 0 Å². The Hall–Kier alpha value is -3.41. The van der Waals surface area contributed by atoms with Crippen molar-refractivity contribution in [3.63, 3.8) is 0 Å². The second-order valence-electron chi connectivity index (χ2n) is 7.99. The SMILES string of the molecule is CCN1CCN(C(=O)c2nccn2C)CC(Cc2ccc(-c3ccccc3)cc2)C1=O. The van der Waals surface area contributed by atoms with E-state index < -0.39 is 0 Å². The van der Waals surface area contributed by atoms with Gasteiger partial charge in [-0.25, -0.2) is 4.98 Å². The smallest absolute Gasteiger partial charge is 0.289 e. The first-order valence-corrected chi connectivity index (χ1v) is 10.8. The molecule has 6 heteroatoms. The summed E-state index contributed by atoms with van der Waals surface area (Å²) in [4.78, 5) is 34.0. The van der Waals surface area contributed by atoms with E-state index in [4.69, 9.17) is 0 Å². The summed E-state index contributed by atoms with van der Waals surface area (Å²) in [5.74, 6) is 0.130. The number of aromatic nitrogens is 2. The summed E-state index contributed by atoms with van der Waals surface area (Å²) in [5, 5.41) is 0. The van der Waals surface area contributed by atoms with Crippen LogP contribution in [0.2, 0.25) is 0 Å².